The van der Waals surface area contributed by atoms with Crippen molar-refractivity contribution in [3.8, 4) is 0 Å². The third kappa shape index (κ3) is 3.06. The van der Waals surface area contributed by atoms with Gasteiger partial charge in [-0.1, -0.05) is 0 Å². The van der Waals surface area contributed by atoms with Gasteiger partial charge in [-0.25, -0.2) is 9.18 Å². The summed E-state index contributed by atoms with van der Waals surface area (Å²) in [6.07, 6.45) is 2.12. The molecule has 0 spiro atoms. The molecule has 0 atom stereocenters. The van der Waals surface area contributed by atoms with Crippen molar-refractivity contribution >= 4 is 50.6 Å². The molecule has 0 aliphatic rings. The first-order valence-corrected chi connectivity index (χ1v) is 5.43. The molecule has 0 fully saturated rings. The van der Waals surface area contributed by atoms with Gasteiger partial charge in [0.25, 0.3) is 0 Å². The van der Waals surface area contributed by atoms with Gasteiger partial charge in [0, 0.05) is 19.7 Å². The Balaban J connectivity index is 3.10. The van der Waals surface area contributed by atoms with E-state index in [9.17, 15) is 9.18 Å². The number of benzene rings is 1. The minimum atomic E-state index is -1.10. The Morgan fingerprint density at radius 3 is 2.79 bits per heavy atom. The Bertz CT molecular complexity index is 404. The third-order valence-electron chi connectivity index (χ3n) is 1.45. The number of hydrogen-bond donors (Lipinski definition) is 1. The molecule has 1 aromatic rings. The number of carboxylic acid groups (broad SMARTS) is 1. The van der Waals surface area contributed by atoms with Gasteiger partial charge in [-0.3, -0.25) is 0 Å². The van der Waals surface area contributed by atoms with Crippen molar-refractivity contribution in [3.63, 3.8) is 0 Å². The van der Waals surface area contributed by atoms with Crippen molar-refractivity contribution in [3.05, 3.63) is 37.6 Å². The second-order valence-corrected chi connectivity index (χ2v) is 4.48. The second kappa shape index (κ2) is 4.88. The smallest absolute Gasteiger partial charge is 0.328 e. The first-order chi connectivity index (χ1) is 6.50. The molecular formula is C9H5BrFIO2. The SMILES string of the molecule is O=C(O)/C=C/c1cc(Br)c(I)cc1F. The van der Waals surface area contributed by atoms with Crippen LogP contribution in [0.15, 0.2) is 22.7 Å². The molecule has 1 N–H and O–H groups in total. The van der Waals surface area contributed by atoms with Crippen LogP contribution in [0, 0.1) is 9.39 Å². The lowest BCUT2D eigenvalue weighted by Gasteiger charge is -2.00. The average molecular weight is 371 g/mol. The van der Waals surface area contributed by atoms with Gasteiger partial charge in [-0.2, -0.15) is 0 Å². The van der Waals surface area contributed by atoms with E-state index < -0.39 is 11.8 Å². The summed E-state index contributed by atoms with van der Waals surface area (Å²) in [7, 11) is 0. The summed E-state index contributed by atoms with van der Waals surface area (Å²) >= 11 is 5.21. The van der Waals surface area contributed by atoms with Crippen molar-refractivity contribution in [2.45, 2.75) is 0 Å². The fourth-order valence-electron chi connectivity index (χ4n) is 0.827. The monoisotopic (exact) mass is 370 g/mol. The van der Waals surface area contributed by atoms with Crippen molar-refractivity contribution in [1.29, 1.82) is 0 Å². The van der Waals surface area contributed by atoms with Crippen molar-refractivity contribution in [2.24, 2.45) is 0 Å². The second-order valence-electron chi connectivity index (χ2n) is 2.46. The summed E-state index contributed by atoms with van der Waals surface area (Å²) in [5.74, 6) is -1.53. The van der Waals surface area contributed by atoms with E-state index in [1.54, 1.807) is 0 Å². The predicted octanol–water partition coefficient (Wildman–Crippen LogP) is 3.29. The van der Waals surface area contributed by atoms with Crippen LogP contribution in [-0.2, 0) is 4.79 Å². The van der Waals surface area contributed by atoms with Crippen LogP contribution in [-0.4, -0.2) is 11.1 Å². The molecule has 0 aromatic heterocycles. The highest BCUT2D eigenvalue weighted by atomic mass is 127. The molecule has 0 amide bonds. The van der Waals surface area contributed by atoms with Crippen LogP contribution in [0.5, 0.6) is 0 Å². The molecule has 0 saturated heterocycles. The summed E-state index contributed by atoms with van der Waals surface area (Å²) in [6, 6.07) is 2.88. The fourth-order valence-corrected chi connectivity index (χ4v) is 1.62. The number of halogens is 3. The normalized spacial score (nSPS) is 10.8. The van der Waals surface area contributed by atoms with Crippen LogP contribution in [0.25, 0.3) is 6.08 Å². The van der Waals surface area contributed by atoms with Crippen LogP contribution < -0.4 is 0 Å². The summed E-state index contributed by atoms with van der Waals surface area (Å²) in [4.78, 5) is 10.2. The zero-order chi connectivity index (χ0) is 10.7. The topological polar surface area (TPSA) is 37.3 Å². The average Bonchev–Trinajstić information content (AvgIpc) is 2.09. The maximum absolute atomic E-state index is 13.2. The Labute approximate surface area is 102 Å². The van der Waals surface area contributed by atoms with Crippen molar-refractivity contribution < 1.29 is 14.3 Å². The van der Waals surface area contributed by atoms with Crippen LogP contribution >= 0.6 is 38.5 Å². The van der Waals surface area contributed by atoms with Crippen LogP contribution in [0.2, 0.25) is 0 Å². The first kappa shape index (κ1) is 11.6. The van der Waals surface area contributed by atoms with Crippen molar-refractivity contribution in [2.75, 3.05) is 0 Å². The van der Waals surface area contributed by atoms with E-state index in [0.717, 1.165) is 14.1 Å². The lowest BCUT2D eigenvalue weighted by molar-refractivity contribution is -0.131. The predicted molar refractivity (Wildman–Crippen MR) is 63.5 cm³/mol. The molecule has 1 aromatic carbocycles. The van der Waals surface area contributed by atoms with Gasteiger partial charge in [0.05, 0.1) is 0 Å². The maximum atomic E-state index is 13.2. The Morgan fingerprint density at radius 2 is 2.21 bits per heavy atom. The molecule has 0 aliphatic carbocycles. The largest absolute Gasteiger partial charge is 0.478 e. The lowest BCUT2D eigenvalue weighted by atomic mass is 10.2. The molecule has 1 rings (SSSR count). The molecule has 0 aliphatic heterocycles. The molecule has 0 saturated carbocycles. The van der Waals surface area contributed by atoms with Gasteiger partial charge < -0.3 is 5.11 Å². The standard InChI is InChI=1S/C9H5BrFIO2/c10-6-3-5(1-2-9(13)14)7(11)4-8(6)12/h1-4H,(H,13,14)/b2-1+. The number of carbonyl (C=O) groups is 1. The molecule has 0 heterocycles. The fraction of sp³-hybridized carbons (Fsp3) is 0. The molecule has 0 unspecified atom stereocenters. The Kier molecular flexibility index (Phi) is 4.06. The first-order valence-electron chi connectivity index (χ1n) is 3.56. The zero-order valence-electron chi connectivity index (χ0n) is 6.80. The van der Waals surface area contributed by atoms with Crippen molar-refractivity contribution in [1.82, 2.24) is 0 Å². The number of hydrogen-bond acceptors (Lipinski definition) is 1. The minimum Gasteiger partial charge on any atom is -0.478 e. The van der Waals surface area contributed by atoms with E-state index >= 15 is 0 Å². The van der Waals surface area contributed by atoms with E-state index in [4.69, 9.17) is 5.11 Å². The molecule has 74 valence electrons. The molecular weight excluding hydrogens is 366 g/mol. The highest BCUT2D eigenvalue weighted by Crippen LogP contribution is 2.23. The lowest BCUT2D eigenvalue weighted by Crippen LogP contribution is -1.89. The van der Waals surface area contributed by atoms with Gasteiger partial charge in [-0.05, 0) is 56.7 Å². The van der Waals surface area contributed by atoms with Crippen LogP contribution in [0.4, 0.5) is 4.39 Å². The molecule has 0 radical (unpaired) electrons. The van der Waals surface area contributed by atoms with E-state index in [2.05, 4.69) is 15.9 Å². The Hall–Kier alpha value is -0.430. The van der Waals surface area contributed by atoms with Gasteiger partial charge in [-0.15, -0.1) is 0 Å². The summed E-state index contributed by atoms with van der Waals surface area (Å²) in [5, 5.41) is 8.37. The van der Waals surface area contributed by atoms with E-state index in [0.29, 0.717) is 0 Å². The molecule has 5 heteroatoms. The summed E-state index contributed by atoms with van der Waals surface area (Å²) in [5.41, 5.74) is 0.250. The van der Waals surface area contributed by atoms with Crippen LogP contribution in [0.1, 0.15) is 5.56 Å². The molecule has 0 bridgehead atoms. The van der Waals surface area contributed by atoms with E-state index in [1.807, 2.05) is 22.6 Å². The van der Waals surface area contributed by atoms with Gasteiger partial charge in [0.2, 0.25) is 0 Å². The van der Waals surface area contributed by atoms with Gasteiger partial charge in [0.1, 0.15) is 5.82 Å². The molecule has 2 nitrogen and oxygen atoms in total. The number of carboxylic acids is 1. The maximum Gasteiger partial charge on any atom is 0.328 e. The van der Waals surface area contributed by atoms with Gasteiger partial charge >= 0.3 is 5.97 Å². The number of rotatable bonds is 2. The number of aliphatic carboxylic acids is 1. The van der Waals surface area contributed by atoms with Gasteiger partial charge in [0.15, 0.2) is 0 Å². The quantitative estimate of drug-likeness (QED) is 0.492. The third-order valence-corrected chi connectivity index (χ3v) is 3.73. The summed E-state index contributed by atoms with van der Waals surface area (Å²) in [6.45, 7) is 0. The Morgan fingerprint density at radius 1 is 1.57 bits per heavy atom. The van der Waals surface area contributed by atoms with Crippen LogP contribution in [0.3, 0.4) is 0 Å². The van der Waals surface area contributed by atoms with E-state index in [1.165, 1.54) is 18.2 Å². The highest BCUT2D eigenvalue weighted by Gasteiger charge is 2.04. The molecule has 14 heavy (non-hydrogen) atoms. The minimum absolute atomic E-state index is 0.250. The summed E-state index contributed by atoms with van der Waals surface area (Å²) < 4.78 is 14.7. The zero-order valence-corrected chi connectivity index (χ0v) is 10.5. The van der Waals surface area contributed by atoms with E-state index in [-0.39, 0.29) is 5.56 Å². The highest BCUT2D eigenvalue weighted by molar-refractivity contribution is 14.1.